The van der Waals surface area contributed by atoms with E-state index in [0.29, 0.717) is 0 Å². The minimum atomic E-state index is -2.49. The molecule has 182 valence electrons. The van der Waals surface area contributed by atoms with Crippen LogP contribution < -0.4 is 20.7 Å². The quantitative estimate of drug-likeness (QED) is 0.193. The molecular weight excluding hydrogens is 523 g/mol. The van der Waals surface area contributed by atoms with E-state index in [1.165, 1.54) is 47.8 Å². The van der Waals surface area contributed by atoms with Crippen molar-refractivity contribution in [3.63, 3.8) is 0 Å². The average molecular weight is 555 g/mol. The summed E-state index contributed by atoms with van der Waals surface area (Å²) in [5.74, 6) is 0.939. The van der Waals surface area contributed by atoms with Crippen LogP contribution in [-0.2, 0) is 0 Å². The molecule has 0 fully saturated rings. The van der Waals surface area contributed by atoms with Crippen LogP contribution in [0.1, 0.15) is 29.3 Å². The van der Waals surface area contributed by atoms with Crippen LogP contribution in [0.4, 0.5) is 0 Å². The van der Waals surface area contributed by atoms with E-state index in [1.807, 2.05) is 0 Å². The Labute approximate surface area is 223 Å². The molecule has 36 heavy (non-hydrogen) atoms. The van der Waals surface area contributed by atoms with Gasteiger partial charge in [0.15, 0.2) is 0 Å². The van der Waals surface area contributed by atoms with Gasteiger partial charge in [0.2, 0.25) is 0 Å². The number of hydrogen-bond acceptors (Lipinski definition) is 1. The molecule has 0 aromatic heterocycles. The van der Waals surface area contributed by atoms with E-state index in [4.69, 9.17) is 4.74 Å². The molecule has 0 heterocycles. The first kappa shape index (κ1) is 24.8. The first-order valence-electron chi connectivity index (χ1n) is 12.4. The number of ether oxygens (including phenoxy) is 1. The first-order valence-corrected chi connectivity index (χ1v) is 15.3. The Morgan fingerprint density at radius 1 is 0.694 bits per heavy atom. The summed E-state index contributed by atoms with van der Waals surface area (Å²) < 4.78 is 6.86. The Hall–Kier alpha value is -2.93. The number of benzene rings is 5. The average Bonchev–Trinajstić information content (AvgIpc) is 2.92. The maximum absolute atomic E-state index is 5.67. The van der Waals surface area contributed by atoms with Crippen LogP contribution in [0.25, 0.3) is 10.8 Å². The SMILES string of the molecule is COc1cc(C)c2c(Br)c(C(C)[PH](c3ccccc3)(c3ccccc3)c3ccccc3)ccc2c1C. The third kappa shape index (κ3) is 3.97. The number of hydrogen-bond donors (Lipinski definition) is 0. The molecular formula is C33H32BrOP. The fraction of sp³-hybridized carbons (Fsp3) is 0.152. The number of halogens is 1. The Morgan fingerprint density at radius 2 is 1.17 bits per heavy atom. The van der Waals surface area contributed by atoms with E-state index in [2.05, 4.69) is 146 Å². The zero-order valence-electron chi connectivity index (χ0n) is 21.3. The number of fused-ring (bicyclic) bond motifs is 1. The Morgan fingerprint density at radius 3 is 1.61 bits per heavy atom. The first-order chi connectivity index (χ1) is 17.5. The Bertz CT molecular complexity index is 1400. The van der Waals surface area contributed by atoms with E-state index in [9.17, 15) is 0 Å². The number of rotatable bonds is 6. The second kappa shape index (κ2) is 10.2. The van der Waals surface area contributed by atoms with Gasteiger partial charge in [0, 0.05) is 0 Å². The van der Waals surface area contributed by atoms with Crippen LogP contribution in [0.15, 0.2) is 114 Å². The van der Waals surface area contributed by atoms with Gasteiger partial charge in [-0.15, -0.1) is 0 Å². The predicted molar refractivity (Wildman–Crippen MR) is 163 cm³/mol. The molecule has 1 atom stereocenters. The van der Waals surface area contributed by atoms with Crippen LogP contribution >= 0.6 is 23.2 Å². The molecule has 0 saturated heterocycles. The van der Waals surface area contributed by atoms with E-state index in [-0.39, 0.29) is 5.66 Å². The molecule has 1 unspecified atom stereocenters. The predicted octanol–water partition coefficient (Wildman–Crippen LogP) is 8.02. The van der Waals surface area contributed by atoms with Crippen LogP contribution in [0, 0.1) is 13.8 Å². The second-order valence-electron chi connectivity index (χ2n) is 9.54. The molecule has 0 bridgehead atoms. The van der Waals surface area contributed by atoms with Gasteiger partial charge in [-0.1, -0.05) is 0 Å². The van der Waals surface area contributed by atoms with Crippen LogP contribution in [0.3, 0.4) is 0 Å². The zero-order valence-corrected chi connectivity index (χ0v) is 23.8. The standard InChI is InChI=1S/C33H32BrOP/c1-23-22-31(35-4)24(2)29-20-21-30(33(34)32(23)29)25(3)36(26-14-8-5-9-15-26,27-16-10-6-11-17-27)28-18-12-7-13-19-28/h5-22,25,36H,1-4H3. The molecule has 5 aromatic carbocycles. The second-order valence-corrected chi connectivity index (χ2v) is 14.5. The normalized spacial score (nSPS) is 12.9. The van der Waals surface area contributed by atoms with Gasteiger partial charge in [0.25, 0.3) is 0 Å². The van der Waals surface area contributed by atoms with Gasteiger partial charge in [0.05, 0.1) is 0 Å². The molecule has 0 saturated carbocycles. The van der Waals surface area contributed by atoms with Crippen molar-refractivity contribution in [2.45, 2.75) is 26.4 Å². The molecule has 5 rings (SSSR count). The van der Waals surface area contributed by atoms with Crippen molar-refractivity contribution >= 4 is 49.9 Å². The third-order valence-corrected chi connectivity index (χ3v) is 13.9. The molecule has 0 radical (unpaired) electrons. The van der Waals surface area contributed by atoms with Crippen LogP contribution in [-0.4, -0.2) is 7.11 Å². The van der Waals surface area contributed by atoms with Crippen LogP contribution in [0.5, 0.6) is 5.75 Å². The van der Waals surface area contributed by atoms with Crippen LogP contribution in [0.2, 0.25) is 0 Å². The summed E-state index contributed by atoms with van der Waals surface area (Å²) in [5.41, 5.74) is 4.01. The molecule has 0 aliphatic carbocycles. The van der Waals surface area contributed by atoms with E-state index in [1.54, 1.807) is 7.11 Å². The molecule has 1 nitrogen and oxygen atoms in total. The van der Waals surface area contributed by atoms with Crippen molar-refractivity contribution in [2.24, 2.45) is 0 Å². The number of aryl methyl sites for hydroxylation is 2. The van der Waals surface area contributed by atoms with Crippen molar-refractivity contribution < 1.29 is 4.74 Å². The third-order valence-electron chi connectivity index (χ3n) is 7.71. The van der Waals surface area contributed by atoms with Gasteiger partial charge in [-0.25, -0.2) is 0 Å². The van der Waals surface area contributed by atoms with Crippen molar-refractivity contribution in [3.8, 4) is 5.75 Å². The van der Waals surface area contributed by atoms with E-state index < -0.39 is 7.26 Å². The molecule has 0 spiro atoms. The molecule has 0 amide bonds. The molecule has 0 aliphatic rings. The summed E-state index contributed by atoms with van der Waals surface area (Å²) in [4.78, 5) is 0. The summed E-state index contributed by atoms with van der Waals surface area (Å²) in [6.07, 6.45) is 0. The van der Waals surface area contributed by atoms with Gasteiger partial charge in [-0.05, 0) is 0 Å². The number of methoxy groups -OCH3 is 1. The summed E-state index contributed by atoms with van der Waals surface area (Å²) >= 11 is 4.11. The topological polar surface area (TPSA) is 9.23 Å². The van der Waals surface area contributed by atoms with Gasteiger partial charge < -0.3 is 0 Å². The summed E-state index contributed by atoms with van der Waals surface area (Å²) in [6, 6.07) is 40.2. The summed E-state index contributed by atoms with van der Waals surface area (Å²) in [5, 5.41) is 6.77. The maximum atomic E-state index is 5.67. The van der Waals surface area contributed by atoms with Crippen molar-refractivity contribution in [3.05, 3.63) is 130 Å². The van der Waals surface area contributed by atoms with E-state index >= 15 is 0 Å². The Kier molecular flexibility index (Phi) is 7.02. The monoisotopic (exact) mass is 554 g/mol. The molecule has 3 heteroatoms. The van der Waals surface area contributed by atoms with Gasteiger partial charge in [-0.2, -0.15) is 0 Å². The molecule has 0 aliphatic heterocycles. The van der Waals surface area contributed by atoms with Gasteiger partial charge in [-0.3, -0.25) is 0 Å². The fourth-order valence-electron chi connectivity index (χ4n) is 5.93. The van der Waals surface area contributed by atoms with Crippen molar-refractivity contribution in [1.29, 1.82) is 0 Å². The van der Waals surface area contributed by atoms with E-state index in [0.717, 1.165) is 5.75 Å². The van der Waals surface area contributed by atoms with Crippen molar-refractivity contribution in [2.75, 3.05) is 7.11 Å². The molecule has 0 N–H and O–H groups in total. The summed E-state index contributed by atoms with van der Waals surface area (Å²) in [7, 11) is -0.742. The van der Waals surface area contributed by atoms with Crippen molar-refractivity contribution in [1.82, 2.24) is 0 Å². The molecule has 5 aromatic rings. The zero-order chi connectivity index (χ0) is 25.3. The Balaban J connectivity index is 1.85. The van der Waals surface area contributed by atoms with Gasteiger partial charge >= 0.3 is 224 Å². The summed E-state index contributed by atoms with van der Waals surface area (Å²) in [6.45, 7) is 6.75. The minimum absolute atomic E-state index is 0.269. The van der Waals surface area contributed by atoms with Gasteiger partial charge in [0.1, 0.15) is 0 Å². The fourth-order valence-corrected chi connectivity index (χ4v) is 12.5.